The number of nitrogens with one attached hydrogen (secondary N) is 1. The summed E-state index contributed by atoms with van der Waals surface area (Å²) >= 11 is 1.18. The van der Waals surface area contributed by atoms with E-state index in [0.29, 0.717) is 32.4 Å². The number of nitrogens with zero attached hydrogens (tertiary/aromatic N) is 2. The summed E-state index contributed by atoms with van der Waals surface area (Å²) in [4.78, 5) is 55.9. The molecule has 1 aliphatic rings. The molecule has 1 aromatic heterocycles. The van der Waals surface area contributed by atoms with Crippen LogP contribution in [0.2, 0.25) is 0 Å². The number of methoxy groups -OCH3 is 1. The lowest BCUT2D eigenvalue weighted by Gasteiger charge is -2.11. The Labute approximate surface area is 194 Å². The van der Waals surface area contributed by atoms with Gasteiger partial charge in [-0.3, -0.25) is 24.1 Å². The summed E-state index contributed by atoms with van der Waals surface area (Å²) in [6.07, 6.45) is 1.54. The van der Waals surface area contributed by atoms with Gasteiger partial charge in [0.05, 0.1) is 30.3 Å². The molecule has 3 aromatic rings. The van der Waals surface area contributed by atoms with E-state index in [1.807, 2.05) is 13.0 Å². The molecule has 3 amide bonds. The van der Waals surface area contributed by atoms with Gasteiger partial charge in [0.15, 0.2) is 10.9 Å². The molecule has 0 saturated heterocycles. The smallest absolute Gasteiger partial charge is 0.261 e. The summed E-state index contributed by atoms with van der Waals surface area (Å²) in [5.74, 6) is -0.754. The van der Waals surface area contributed by atoms with Gasteiger partial charge in [0.1, 0.15) is 5.75 Å². The molecule has 9 heteroatoms. The summed E-state index contributed by atoms with van der Waals surface area (Å²) < 4.78 is 5.24. The summed E-state index contributed by atoms with van der Waals surface area (Å²) in [5, 5.41) is 3.01. The first-order valence-corrected chi connectivity index (χ1v) is 11.1. The van der Waals surface area contributed by atoms with E-state index in [9.17, 15) is 19.2 Å². The molecule has 0 aliphatic carbocycles. The predicted octanol–water partition coefficient (Wildman–Crippen LogP) is 3.86. The van der Waals surface area contributed by atoms with Crippen LogP contribution in [0, 0.1) is 6.92 Å². The molecule has 33 heavy (non-hydrogen) atoms. The monoisotopic (exact) mass is 463 g/mol. The number of Topliss-reactive ketones (excluding diaryl/α,β-unsaturated/α-hetero) is 1. The van der Waals surface area contributed by atoms with Gasteiger partial charge in [-0.15, -0.1) is 0 Å². The average molecular weight is 464 g/mol. The molecule has 0 saturated carbocycles. The van der Waals surface area contributed by atoms with Crippen LogP contribution in [0.15, 0.2) is 48.7 Å². The number of fused-ring (bicyclic) bond motifs is 1. The van der Waals surface area contributed by atoms with E-state index in [2.05, 4.69) is 10.3 Å². The van der Waals surface area contributed by atoms with Crippen molar-refractivity contribution in [2.75, 3.05) is 12.4 Å². The number of amides is 3. The molecule has 0 unspecified atom stereocenters. The maximum absolute atomic E-state index is 12.5. The number of hydrogen-bond acceptors (Lipinski definition) is 7. The van der Waals surface area contributed by atoms with Gasteiger partial charge in [-0.1, -0.05) is 35.1 Å². The molecule has 0 bridgehead atoms. The van der Waals surface area contributed by atoms with Gasteiger partial charge in [0.25, 0.3) is 11.8 Å². The molecular formula is C24H21N3O5S. The zero-order valence-electron chi connectivity index (χ0n) is 18.1. The van der Waals surface area contributed by atoms with Crippen LogP contribution in [-0.4, -0.2) is 40.5 Å². The van der Waals surface area contributed by atoms with Gasteiger partial charge >= 0.3 is 0 Å². The third-order valence-electron chi connectivity index (χ3n) is 5.23. The first-order chi connectivity index (χ1) is 15.9. The highest BCUT2D eigenvalue weighted by Gasteiger charge is 2.35. The largest absolute Gasteiger partial charge is 0.496 e. The van der Waals surface area contributed by atoms with E-state index in [-0.39, 0.29) is 42.9 Å². The van der Waals surface area contributed by atoms with Crippen molar-refractivity contribution in [1.82, 2.24) is 9.88 Å². The number of ketones is 1. The number of carbonyl (C=O) groups is 4. The van der Waals surface area contributed by atoms with Gasteiger partial charge in [-0.25, -0.2) is 4.98 Å². The van der Waals surface area contributed by atoms with Crippen molar-refractivity contribution in [2.45, 2.75) is 26.3 Å². The standard InChI is InChI=1S/C24H21N3O5S/c1-14-7-9-20(32-2)18(11-14)19(28)8-10-21(29)26-24-25-12-15(33-24)13-27-22(30)16-5-3-4-6-17(16)23(27)31/h3-7,9,11-12H,8,10,13H2,1-2H3,(H,25,26,29). The van der Waals surface area contributed by atoms with E-state index in [1.165, 1.54) is 24.6 Å². The lowest BCUT2D eigenvalue weighted by atomic mass is 10.0. The van der Waals surface area contributed by atoms with Gasteiger partial charge in [0.2, 0.25) is 5.91 Å². The highest BCUT2D eigenvalue weighted by molar-refractivity contribution is 7.15. The molecule has 1 N–H and O–H groups in total. The van der Waals surface area contributed by atoms with Crippen molar-refractivity contribution in [1.29, 1.82) is 0 Å². The lowest BCUT2D eigenvalue weighted by molar-refractivity contribution is -0.116. The number of aryl methyl sites for hydroxylation is 1. The number of ether oxygens (including phenoxy) is 1. The first kappa shape index (κ1) is 22.3. The maximum Gasteiger partial charge on any atom is 0.261 e. The number of rotatable bonds is 8. The van der Waals surface area contributed by atoms with Crippen LogP contribution in [0.5, 0.6) is 5.75 Å². The number of benzene rings is 2. The predicted molar refractivity (Wildman–Crippen MR) is 123 cm³/mol. The summed E-state index contributed by atoms with van der Waals surface area (Å²) in [6, 6.07) is 12.0. The van der Waals surface area contributed by atoms with Crippen LogP contribution in [0.4, 0.5) is 5.13 Å². The maximum atomic E-state index is 12.5. The summed E-state index contributed by atoms with van der Waals surface area (Å²) in [5.41, 5.74) is 2.14. The van der Waals surface area contributed by atoms with Crippen LogP contribution in [0.3, 0.4) is 0 Å². The molecular weight excluding hydrogens is 442 g/mol. The van der Waals surface area contributed by atoms with Gasteiger partial charge in [0, 0.05) is 23.9 Å². The topological polar surface area (TPSA) is 106 Å². The van der Waals surface area contributed by atoms with Gasteiger partial charge in [-0.2, -0.15) is 0 Å². The fourth-order valence-corrected chi connectivity index (χ4v) is 4.38. The lowest BCUT2D eigenvalue weighted by Crippen LogP contribution is -2.28. The van der Waals surface area contributed by atoms with Crippen molar-refractivity contribution in [3.05, 3.63) is 75.8 Å². The summed E-state index contributed by atoms with van der Waals surface area (Å²) in [7, 11) is 1.50. The van der Waals surface area contributed by atoms with E-state index >= 15 is 0 Å². The van der Waals surface area contributed by atoms with Crippen molar-refractivity contribution in [3.8, 4) is 5.75 Å². The Morgan fingerprint density at radius 3 is 2.42 bits per heavy atom. The van der Waals surface area contributed by atoms with Gasteiger partial charge < -0.3 is 10.1 Å². The molecule has 0 atom stereocenters. The number of imide groups is 1. The second kappa shape index (κ2) is 9.33. The number of aromatic nitrogens is 1. The van der Waals surface area contributed by atoms with Crippen molar-refractivity contribution in [3.63, 3.8) is 0 Å². The Morgan fingerprint density at radius 2 is 1.76 bits per heavy atom. The van der Waals surface area contributed by atoms with Crippen LogP contribution in [0.25, 0.3) is 0 Å². The fourth-order valence-electron chi connectivity index (χ4n) is 3.56. The fraction of sp³-hybridized carbons (Fsp3) is 0.208. The van der Waals surface area contributed by atoms with Crippen LogP contribution >= 0.6 is 11.3 Å². The van der Waals surface area contributed by atoms with E-state index < -0.39 is 0 Å². The Balaban J connectivity index is 1.33. The summed E-state index contributed by atoms with van der Waals surface area (Å²) in [6.45, 7) is 1.95. The third-order valence-corrected chi connectivity index (χ3v) is 6.12. The van der Waals surface area contributed by atoms with Crippen molar-refractivity contribution in [2.24, 2.45) is 0 Å². The Kier molecular flexibility index (Phi) is 6.32. The molecule has 0 spiro atoms. The van der Waals surface area contributed by atoms with Crippen LogP contribution < -0.4 is 10.1 Å². The third kappa shape index (κ3) is 4.68. The zero-order chi connectivity index (χ0) is 23.5. The SMILES string of the molecule is COc1ccc(C)cc1C(=O)CCC(=O)Nc1ncc(CN2C(=O)c3ccccc3C2=O)s1. The van der Waals surface area contributed by atoms with Crippen LogP contribution in [0.1, 0.15) is 54.4 Å². The van der Waals surface area contributed by atoms with E-state index in [4.69, 9.17) is 4.74 Å². The minimum Gasteiger partial charge on any atom is -0.496 e. The molecule has 4 rings (SSSR count). The van der Waals surface area contributed by atoms with E-state index in [1.54, 1.807) is 36.4 Å². The Bertz CT molecular complexity index is 1230. The number of anilines is 1. The normalized spacial score (nSPS) is 12.6. The number of carbonyl (C=O) groups excluding carboxylic acids is 4. The molecule has 2 aromatic carbocycles. The zero-order valence-corrected chi connectivity index (χ0v) is 18.9. The molecule has 168 valence electrons. The molecule has 1 aliphatic heterocycles. The minimum atomic E-state index is -0.350. The highest BCUT2D eigenvalue weighted by Crippen LogP contribution is 2.27. The molecule has 8 nitrogen and oxygen atoms in total. The van der Waals surface area contributed by atoms with Crippen molar-refractivity contribution >= 4 is 40.0 Å². The molecule has 2 heterocycles. The number of thiazole rings is 1. The first-order valence-electron chi connectivity index (χ1n) is 10.2. The quantitative estimate of drug-likeness (QED) is 0.402. The average Bonchev–Trinajstić information content (AvgIpc) is 3.35. The molecule has 0 radical (unpaired) electrons. The highest BCUT2D eigenvalue weighted by atomic mass is 32.1. The second-order valence-corrected chi connectivity index (χ2v) is 8.66. The van der Waals surface area contributed by atoms with Crippen molar-refractivity contribution < 1.29 is 23.9 Å². The van der Waals surface area contributed by atoms with Crippen LogP contribution in [-0.2, 0) is 11.3 Å². The second-order valence-electron chi connectivity index (χ2n) is 7.55. The Hall–Kier alpha value is -3.85. The molecule has 0 fully saturated rings. The Morgan fingerprint density at radius 1 is 1.06 bits per heavy atom. The van der Waals surface area contributed by atoms with Gasteiger partial charge in [-0.05, 0) is 31.2 Å². The minimum absolute atomic E-state index is 0.0107. The number of hydrogen-bond donors (Lipinski definition) is 1. The van der Waals surface area contributed by atoms with E-state index in [0.717, 1.165) is 10.5 Å².